The van der Waals surface area contributed by atoms with Gasteiger partial charge in [-0.05, 0) is 0 Å². The molecule has 0 amide bonds. The molecular weight excluding hydrogens is 134 g/mol. The Morgan fingerprint density at radius 1 is 1.00 bits per heavy atom. The first kappa shape index (κ1) is 30.6. The van der Waals surface area contributed by atoms with Crippen LogP contribution >= 0.6 is 0 Å². The van der Waals surface area contributed by atoms with Crippen LogP contribution < -0.4 is 0 Å². The van der Waals surface area contributed by atoms with Crippen LogP contribution in [0, 0.1) is 0 Å². The molecule has 4 heavy (non-hydrogen) atoms. The van der Waals surface area contributed by atoms with Crippen LogP contribution in [0.3, 0.4) is 0 Å². The van der Waals surface area contributed by atoms with Gasteiger partial charge in [-0.1, -0.05) is 0 Å². The van der Waals surface area contributed by atoms with Crippen molar-refractivity contribution in [2.75, 3.05) is 0 Å². The first-order valence-corrected chi connectivity index (χ1v) is 0. The molecule has 0 aliphatic heterocycles. The van der Waals surface area contributed by atoms with Crippen molar-refractivity contribution in [1.82, 2.24) is 0 Å². The summed E-state index contributed by atoms with van der Waals surface area (Å²) in [4.78, 5) is 0. The number of hydrogen-bond donors (Lipinski definition) is 0. The predicted octanol–water partition coefficient (Wildman–Crippen LogP) is -1.57. The molecular formula is H3LiMgMnTi. The van der Waals surface area contributed by atoms with Crippen molar-refractivity contribution < 1.29 is 38.8 Å². The molecule has 0 unspecified atom stereocenters. The minimum absolute atomic E-state index is 0. The molecule has 0 aliphatic carbocycles. The largest absolute Gasteiger partial charge is 0.316 e. The third-order valence-corrected chi connectivity index (χ3v) is 0. The Hall–Kier alpha value is 2.60. The fraction of sp³-hybridized carbons (Fsp3) is 0. The van der Waals surface area contributed by atoms with E-state index < -0.39 is 0 Å². The van der Waals surface area contributed by atoms with E-state index in [-0.39, 0.29) is 80.7 Å². The van der Waals surface area contributed by atoms with E-state index in [1.165, 1.54) is 0 Å². The molecule has 0 bridgehead atoms. The van der Waals surface area contributed by atoms with Gasteiger partial charge in [0.25, 0.3) is 0 Å². The Morgan fingerprint density at radius 2 is 1.00 bits per heavy atom. The minimum atomic E-state index is 0. The van der Waals surface area contributed by atoms with Crippen LogP contribution in [0.2, 0.25) is 0 Å². The normalized spacial score (nSPS) is 0. The second-order valence-electron chi connectivity index (χ2n) is 0. The summed E-state index contributed by atoms with van der Waals surface area (Å²) >= 11 is 0. The minimum Gasteiger partial charge on any atom is 0 e. The molecule has 0 aromatic rings. The summed E-state index contributed by atoms with van der Waals surface area (Å²) < 4.78 is 0. The monoisotopic (exact) mass is 137 g/mol. The summed E-state index contributed by atoms with van der Waals surface area (Å²) in [5.74, 6) is 0. The van der Waals surface area contributed by atoms with Crippen LogP contribution in [0.5, 0.6) is 0 Å². The summed E-state index contributed by atoms with van der Waals surface area (Å²) in [7, 11) is 0. The average Bonchev–Trinajstić information content (AvgIpc) is 0. The van der Waals surface area contributed by atoms with Crippen molar-refractivity contribution in [2.45, 2.75) is 0 Å². The summed E-state index contributed by atoms with van der Waals surface area (Å²) in [6.45, 7) is 0. The zero-order valence-electron chi connectivity index (χ0n) is 0.878. The van der Waals surface area contributed by atoms with Crippen molar-refractivity contribution in [3.8, 4) is 0 Å². The summed E-state index contributed by atoms with van der Waals surface area (Å²) in [6.07, 6.45) is 0. The van der Waals surface area contributed by atoms with Crippen molar-refractivity contribution in [3.05, 3.63) is 0 Å². The van der Waals surface area contributed by atoms with Gasteiger partial charge in [0.05, 0.1) is 0 Å². The SMILES string of the molecule is [LiH].[MgH2].[Mn].[Ti]. The van der Waals surface area contributed by atoms with Crippen LogP contribution in [0.15, 0.2) is 0 Å². The van der Waals surface area contributed by atoms with Crippen LogP contribution in [0.1, 0.15) is 0 Å². The molecule has 0 aromatic carbocycles. The van der Waals surface area contributed by atoms with E-state index in [0.717, 1.165) is 0 Å². The molecule has 0 rings (SSSR count). The van der Waals surface area contributed by atoms with E-state index in [4.69, 9.17) is 0 Å². The van der Waals surface area contributed by atoms with Crippen LogP contribution in [0.25, 0.3) is 0 Å². The maximum atomic E-state index is 0. The van der Waals surface area contributed by atoms with Gasteiger partial charge in [-0.2, -0.15) is 0 Å². The standard InChI is InChI=1S/Li.Mg.Mn.Ti.3H. The average molecular weight is 137 g/mol. The Kier molecular flexibility index (Phi) is 134. The van der Waals surface area contributed by atoms with Gasteiger partial charge in [-0.25, -0.2) is 0 Å². The quantitative estimate of drug-likeness (QED) is 0.354. The van der Waals surface area contributed by atoms with Gasteiger partial charge in [0, 0.05) is 38.8 Å². The molecule has 0 nitrogen and oxygen atoms in total. The predicted molar refractivity (Wildman–Crippen MR) is 15.7 cm³/mol. The topological polar surface area (TPSA) is 0 Å². The van der Waals surface area contributed by atoms with E-state index in [1.54, 1.807) is 0 Å². The number of rotatable bonds is 0. The van der Waals surface area contributed by atoms with Crippen LogP contribution in [-0.4, -0.2) is 41.9 Å². The first-order valence-electron chi connectivity index (χ1n) is 0. The smallest absolute Gasteiger partial charge is 0 e. The number of hydrogen-bond acceptors (Lipinski definition) is 0. The maximum absolute atomic E-state index is 0. The fourth-order valence-corrected chi connectivity index (χ4v) is 0. The third-order valence-electron chi connectivity index (χ3n) is 0. The van der Waals surface area contributed by atoms with E-state index in [2.05, 4.69) is 0 Å². The Labute approximate surface area is 79.5 Å². The van der Waals surface area contributed by atoms with Gasteiger partial charge in [0.15, 0.2) is 0 Å². The van der Waals surface area contributed by atoms with Crippen molar-refractivity contribution in [1.29, 1.82) is 0 Å². The van der Waals surface area contributed by atoms with Crippen molar-refractivity contribution in [2.24, 2.45) is 0 Å². The van der Waals surface area contributed by atoms with Gasteiger partial charge < -0.3 is 0 Å². The molecule has 0 aliphatic rings. The zero-order chi connectivity index (χ0) is 0. The molecule has 0 fully saturated rings. The van der Waals surface area contributed by atoms with E-state index in [0.29, 0.717) is 0 Å². The van der Waals surface area contributed by atoms with Gasteiger partial charge in [-0.15, -0.1) is 0 Å². The van der Waals surface area contributed by atoms with E-state index >= 15 is 0 Å². The van der Waals surface area contributed by atoms with E-state index in [1.807, 2.05) is 0 Å². The van der Waals surface area contributed by atoms with Crippen molar-refractivity contribution >= 4 is 41.9 Å². The molecule has 0 saturated carbocycles. The molecule has 1 radical (unpaired) electrons. The first-order chi connectivity index (χ1) is 0. The van der Waals surface area contributed by atoms with Crippen LogP contribution in [-0.2, 0) is 38.8 Å². The van der Waals surface area contributed by atoms with E-state index in [9.17, 15) is 0 Å². The molecule has 0 N–H and O–H groups in total. The van der Waals surface area contributed by atoms with Crippen LogP contribution in [0.4, 0.5) is 0 Å². The molecule has 17 valence electrons. The molecule has 0 heterocycles. The zero-order valence-corrected chi connectivity index (χ0v) is 3.62. The summed E-state index contributed by atoms with van der Waals surface area (Å²) in [5.41, 5.74) is 0. The maximum Gasteiger partial charge on any atom is 0.316 e. The summed E-state index contributed by atoms with van der Waals surface area (Å²) in [6, 6.07) is 0. The Morgan fingerprint density at radius 3 is 1.00 bits per heavy atom. The van der Waals surface area contributed by atoms with Crippen molar-refractivity contribution in [3.63, 3.8) is 0 Å². The van der Waals surface area contributed by atoms with Gasteiger partial charge >= 0.3 is 41.9 Å². The second kappa shape index (κ2) is 17.5. The molecule has 0 saturated heterocycles. The third kappa shape index (κ3) is 8.82. The molecule has 0 aromatic heterocycles. The Bertz CT molecular complexity index is 8.00. The van der Waals surface area contributed by atoms with Gasteiger partial charge in [0.2, 0.25) is 0 Å². The fourth-order valence-electron chi connectivity index (χ4n) is 0. The molecule has 0 spiro atoms. The Balaban J connectivity index is 0. The molecule has 4 heteroatoms. The van der Waals surface area contributed by atoms with Gasteiger partial charge in [-0.3, -0.25) is 0 Å². The molecule has 0 atom stereocenters. The second-order valence-corrected chi connectivity index (χ2v) is 0. The van der Waals surface area contributed by atoms with Gasteiger partial charge in [0.1, 0.15) is 0 Å². The summed E-state index contributed by atoms with van der Waals surface area (Å²) in [5, 5.41) is 0.